The number of H-pyrrole nitrogens is 1. The van der Waals surface area contributed by atoms with E-state index in [4.69, 9.17) is 0 Å². The summed E-state index contributed by atoms with van der Waals surface area (Å²) in [6, 6.07) is 14.3. The van der Waals surface area contributed by atoms with Crippen LogP contribution >= 0.6 is 0 Å². The molecule has 4 aromatic heterocycles. The molecule has 2 N–H and O–H groups in total. The molecule has 4 heterocycles. The number of hydrogen-bond donors (Lipinski definition) is 2. The fraction of sp³-hybridized carbons (Fsp3) is 0.214. The maximum atomic E-state index is 12.8. The smallest absolute Gasteiger partial charge is 0.251 e. The van der Waals surface area contributed by atoms with Gasteiger partial charge >= 0.3 is 0 Å². The third-order valence-electron chi connectivity index (χ3n) is 6.53. The molecule has 0 radical (unpaired) electrons. The number of benzene rings is 1. The van der Waals surface area contributed by atoms with Gasteiger partial charge in [0.15, 0.2) is 0 Å². The Kier molecular flexibility index (Phi) is 5.06. The third kappa shape index (κ3) is 4.15. The predicted octanol–water partition coefficient (Wildman–Crippen LogP) is 5.21. The molecule has 1 amide bonds. The van der Waals surface area contributed by atoms with Crippen molar-refractivity contribution in [1.29, 1.82) is 0 Å². The van der Waals surface area contributed by atoms with Crippen LogP contribution in [0.1, 0.15) is 57.1 Å². The van der Waals surface area contributed by atoms with Crippen LogP contribution in [0.3, 0.4) is 0 Å². The largest absolute Gasteiger partial charge is 0.348 e. The van der Waals surface area contributed by atoms with E-state index in [9.17, 15) is 4.79 Å². The average molecular weight is 448 g/mol. The Balaban J connectivity index is 1.16. The minimum atomic E-state index is -0.119. The molecule has 1 fully saturated rings. The molecule has 0 aliphatic heterocycles. The van der Waals surface area contributed by atoms with Crippen LogP contribution in [-0.4, -0.2) is 25.8 Å². The van der Waals surface area contributed by atoms with Crippen LogP contribution in [-0.2, 0) is 13.0 Å². The summed E-state index contributed by atoms with van der Waals surface area (Å²) in [6.45, 7) is 2.46. The summed E-state index contributed by atoms with van der Waals surface area (Å²) in [5.74, 6) is 0.563. The number of aryl methyl sites for hydroxylation is 1. The van der Waals surface area contributed by atoms with Crippen molar-refractivity contribution < 1.29 is 4.79 Å². The van der Waals surface area contributed by atoms with Crippen molar-refractivity contribution in [1.82, 2.24) is 25.3 Å². The highest BCUT2D eigenvalue weighted by Gasteiger charge is 2.23. The maximum absolute atomic E-state index is 12.8. The molecule has 6 nitrogen and oxygen atoms in total. The van der Waals surface area contributed by atoms with Gasteiger partial charge in [-0.2, -0.15) is 0 Å². The summed E-state index contributed by atoms with van der Waals surface area (Å²) in [6.07, 6.45) is 10.6. The van der Waals surface area contributed by atoms with Crippen molar-refractivity contribution in [2.75, 3.05) is 0 Å². The highest BCUT2D eigenvalue weighted by molar-refractivity contribution is 5.94. The van der Waals surface area contributed by atoms with Gasteiger partial charge in [-0.25, -0.2) is 4.98 Å². The molecular weight excluding hydrogens is 422 g/mol. The number of pyridine rings is 3. The van der Waals surface area contributed by atoms with E-state index in [0.29, 0.717) is 24.4 Å². The second kappa shape index (κ2) is 8.37. The summed E-state index contributed by atoms with van der Waals surface area (Å²) >= 11 is 0. The van der Waals surface area contributed by atoms with Crippen molar-refractivity contribution in [3.05, 3.63) is 101 Å². The molecule has 1 aromatic carbocycles. The van der Waals surface area contributed by atoms with Gasteiger partial charge in [0.1, 0.15) is 5.65 Å². The number of aromatic nitrogens is 4. The quantitative estimate of drug-likeness (QED) is 0.374. The Hall–Kier alpha value is -4.06. The van der Waals surface area contributed by atoms with Crippen LogP contribution in [0.5, 0.6) is 0 Å². The van der Waals surface area contributed by atoms with E-state index in [-0.39, 0.29) is 5.91 Å². The van der Waals surface area contributed by atoms with E-state index in [1.807, 2.05) is 25.4 Å². The second-order valence-corrected chi connectivity index (χ2v) is 9.18. The highest BCUT2D eigenvalue weighted by atomic mass is 16.1. The molecule has 0 saturated heterocycles. The van der Waals surface area contributed by atoms with Gasteiger partial charge in [0, 0.05) is 59.8 Å². The highest BCUT2D eigenvalue weighted by Crippen LogP contribution is 2.40. The number of carbonyl (C=O) groups is 1. The fourth-order valence-corrected chi connectivity index (χ4v) is 4.43. The predicted molar refractivity (Wildman–Crippen MR) is 133 cm³/mol. The molecule has 6 heteroatoms. The van der Waals surface area contributed by atoms with E-state index in [0.717, 1.165) is 38.9 Å². The molecule has 1 aliphatic carbocycles. The number of carbonyl (C=O) groups excluding carboxylic acids is 1. The van der Waals surface area contributed by atoms with Gasteiger partial charge in [-0.3, -0.25) is 14.8 Å². The number of aromatic amines is 1. The topological polar surface area (TPSA) is 83.6 Å². The molecule has 6 rings (SSSR count). The molecule has 1 aliphatic rings. The van der Waals surface area contributed by atoms with Crippen LogP contribution in [0.2, 0.25) is 0 Å². The Morgan fingerprint density at radius 2 is 1.94 bits per heavy atom. The van der Waals surface area contributed by atoms with Crippen molar-refractivity contribution >= 4 is 27.8 Å². The zero-order valence-electron chi connectivity index (χ0n) is 19.0. The minimum Gasteiger partial charge on any atom is -0.348 e. The molecule has 5 aromatic rings. The Labute approximate surface area is 197 Å². The van der Waals surface area contributed by atoms with Crippen molar-refractivity contribution in [2.24, 2.45) is 0 Å². The van der Waals surface area contributed by atoms with E-state index < -0.39 is 0 Å². The van der Waals surface area contributed by atoms with Crippen molar-refractivity contribution in [3.63, 3.8) is 0 Å². The zero-order chi connectivity index (χ0) is 23.1. The van der Waals surface area contributed by atoms with Crippen molar-refractivity contribution in [3.8, 4) is 0 Å². The number of amides is 1. The molecule has 0 atom stereocenters. The summed E-state index contributed by atoms with van der Waals surface area (Å²) in [5.41, 5.74) is 7.95. The van der Waals surface area contributed by atoms with Gasteiger partial charge in [-0.1, -0.05) is 6.07 Å². The van der Waals surface area contributed by atoms with Crippen LogP contribution in [0.15, 0.2) is 67.3 Å². The van der Waals surface area contributed by atoms with Gasteiger partial charge in [-0.15, -0.1) is 0 Å². The SMILES string of the molecule is Cc1c[nH]c2ncc(CNC(=O)c3ccnc(Cc4ccc5ncc(C6CC6)cc5c4)c3)cc12. The van der Waals surface area contributed by atoms with E-state index in [1.165, 1.54) is 23.8 Å². The number of nitrogens with one attached hydrogen (secondary N) is 2. The lowest BCUT2D eigenvalue weighted by molar-refractivity contribution is 0.0950. The van der Waals surface area contributed by atoms with E-state index >= 15 is 0 Å². The number of fused-ring (bicyclic) bond motifs is 2. The van der Waals surface area contributed by atoms with E-state index in [2.05, 4.69) is 55.6 Å². The van der Waals surface area contributed by atoms with Gasteiger partial charge in [0.25, 0.3) is 5.91 Å². The van der Waals surface area contributed by atoms with Crippen molar-refractivity contribution in [2.45, 2.75) is 38.6 Å². The van der Waals surface area contributed by atoms with Gasteiger partial charge in [-0.05, 0) is 84.3 Å². The Morgan fingerprint density at radius 3 is 2.82 bits per heavy atom. The first-order chi connectivity index (χ1) is 16.6. The van der Waals surface area contributed by atoms with E-state index in [1.54, 1.807) is 18.5 Å². The lowest BCUT2D eigenvalue weighted by Crippen LogP contribution is -2.23. The normalized spacial score (nSPS) is 13.4. The lowest BCUT2D eigenvalue weighted by atomic mass is 10.0. The molecule has 168 valence electrons. The molecule has 1 saturated carbocycles. The summed E-state index contributed by atoms with van der Waals surface area (Å²) in [7, 11) is 0. The standard InChI is InChI=1S/C28H25N5O/c1-17-13-31-27-25(17)10-19(14-32-27)15-33-28(34)21-6-7-29-24(12-21)9-18-2-5-26-22(8-18)11-23(16-30-26)20-3-4-20/h2,5-8,10-14,16,20H,3-4,9,15H2,1H3,(H,31,32)(H,33,34). The van der Waals surface area contributed by atoms with Crippen LogP contribution < -0.4 is 5.32 Å². The number of rotatable bonds is 6. The average Bonchev–Trinajstić information content (AvgIpc) is 3.65. The first kappa shape index (κ1) is 20.5. The number of hydrogen-bond acceptors (Lipinski definition) is 4. The van der Waals surface area contributed by atoms with Gasteiger partial charge in [0.2, 0.25) is 0 Å². The Bertz CT molecular complexity index is 1530. The first-order valence-corrected chi connectivity index (χ1v) is 11.7. The Morgan fingerprint density at radius 1 is 1.03 bits per heavy atom. The molecule has 0 unspecified atom stereocenters. The first-order valence-electron chi connectivity index (χ1n) is 11.7. The second-order valence-electron chi connectivity index (χ2n) is 9.18. The zero-order valence-corrected chi connectivity index (χ0v) is 19.0. The molecule has 34 heavy (non-hydrogen) atoms. The summed E-state index contributed by atoms with van der Waals surface area (Å²) in [5, 5.41) is 5.25. The lowest BCUT2D eigenvalue weighted by Gasteiger charge is -2.08. The molecule has 0 bridgehead atoms. The van der Waals surface area contributed by atoms with Gasteiger partial charge in [0.05, 0.1) is 5.52 Å². The fourth-order valence-electron chi connectivity index (χ4n) is 4.43. The molecule has 0 spiro atoms. The number of nitrogens with zero attached hydrogens (tertiary/aromatic N) is 3. The van der Waals surface area contributed by atoms with Crippen LogP contribution in [0.25, 0.3) is 21.9 Å². The summed E-state index contributed by atoms with van der Waals surface area (Å²) < 4.78 is 0. The molecular formula is C28H25N5O. The monoisotopic (exact) mass is 447 g/mol. The summed E-state index contributed by atoms with van der Waals surface area (Å²) in [4.78, 5) is 29.5. The minimum absolute atomic E-state index is 0.119. The van der Waals surface area contributed by atoms with Gasteiger partial charge < -0.3 is 10.3 Å². The van der Waals surface area contributed by atoms with Crippen LogP contribution in [0.4, 0.5) is 0 Å². The third-order valence-corrected chi connectivity index (χ3v) is 6.53. The van der Waals surface area contributed by atoms with Crippen LogP contribution in [0, 0.1) is 6.92 Å². The maximum Gasteiger partial charge on any atom is 0.251 e.